The van der Waals surface area contributed by atoms with Crippen molar-refractivity contribution in [1.82, 2.24) is 0 Å². The van der Waals surface area contributed by atoms with Gasteiger partial charge in [-0.15, -0.1) is 0 Å². The van der Waals surface area contributed by atoms with E-state index in [9.17, 15) is 4.79 Å². The third-order valence-electron chi connectivity index (χ3n) is 2.83. The van der Waals surface area contributed by atoms with Gasteiger partial charge >= 0.3 is 5.97 Å². The monoisotopic (exact) mass is 308 g/mol. The smallest absolute Gasteiger partial charge is 0.335 e. The van der Waals surface area contributed by atoms with Crippen molar-refractivity contribution in [3.05, 3.63) is 11.6 Å². The largest absolute Gasteiger partial charge is 0.462 e. The van der Waals surface area contributed by atoms with E-state index < -0.39 is 0 Å². The van der Waals surface area contributed by atoms with Gasteiger partial charge in [-0.25, -0.2) is 4.79 Å². The van der Waals surface area contributed by atoms with E-state index in [1.54, 1.807) is 0 Å². The van der Waals surface area contributed by atoms with Gasteiger partial charge in [0.05, 0.1) is 10.0 Å². The first kappa shape index (κ1) is 12.0. The summed E-state index contributed by atoms with van der Waals surface area (Å²) in [7, 11) is 0. The molecular formula is C11H17IO2. The van der Waals surface area contributed by atoms with Crippen LogP contribution in [-0.2, 0) is 9.53 Å². The van der Waals surface area contributed by atoms with Crippen molar-refractivity contribution in [3.63, 3.8) is 0 Å². The maximum Gasteiger partial charge on any atom is 0.335 e. The Kier molecular flexibility index (Phi) is 3.29. The van der Waals surface area contributed by atoms with E-state index in [1.165, 1.54) is 0 Å². The lowest BCUT2D eigenvalue weighted by atomic mass is 9.76. The van der Waals surface area contributed by atoms with E-state index in [2.05, 4.69) is 50.3 Å². The number of rotatable bonds is 1. The summed E-state index contributed by atoms with van der Waals surface area (Å²) in [4.78, 5) is 11.6. The molecule has 1 aliphatic heterocycles. The SMILES string of the molecule is CC(C)(C)C(C)(I)C1=CCCOC1=O. The number of hydrogen-bond donors (Lipinski definition) is 0. The molecule has 0 bridgehead atoms. The van der Waals surface area contributed by atoms with Gasteiger partial charge in [-0.05, 0) is 12.3 Å². The molecule has 1 atom stereocenters. The highest BCUT2D eigenvalue weighted by atomic mass is 127. The quantitative estimate of drug-likeness (QED) is 0.423. The number of ether oxygens (including phenoxy) is 1. The van der Waals surface area contributed by atoms with Crippen molar-refractivity contribution >= 4 is 28.6 Å². The normalized spacial score (nSPS) is 22.4. The van der Waals surface area contributed by atoms with E-state index in [0.29, 0.717) is 6.61 Å². The van der Waals surface area contributed by atoms with Crippen LogP contribution in [-0.4, -0.2) is 16.0 Å². The molecule has 0 fully saturated rings. The molecule has 80 valence electrons. The first-order valence-corrected chi connectivity index (χ1v) is 5.91. The highest BCUT2D eigenvalue weighted by Gasteiger charge is 2.42. The molecule has 0 aromatic rings. The molecule has 0 aromatic carbocycles. The average Bonchev–Trinajstić information content (AvgIpc) is 2.02. The zero-order chi connectivity index (χ0) is 11.0. The standard InChI is InChI=1S/C11H17IO2/c1-10(2,3)11(4,12)8-6-5-7-14-9(8)13/h6H,5,7H2,1-4H3. The van der Waals surface area contributed by atoms with E-state index in [-0.39, 0.29) is 14.8 Å². The van der Waals surface area contributed by atoms with Crippen LogP contribution in [0.4, 0.5) is 0 Å². The van der Waals surface area contributed by atoms with Crippen LogP contribution in [0, 0.1) is 5.41 Å². The maximum atomic E-state index is 11.6. The second-order valence-corrected chi connectivity index (χ2v) is 6.95. The van der Waals surface area contributed by atoms with Gasteiger partial charge in [0.25, 0.3) is 0 Å². The third-order valence-corrected chi connectivity index (χ3v) is 5.03. The van der Waals surface area contributed by atoms with E-state index in [0.717, 1.165) is 12.0 Å². The van der Waals surface area contributed by atoms with Crippen LogP contribution in [0.3, 0.4) is 0 Å². The van der Waals surface area contributed by atoms with Crippen LogP contribution in [0.5, 0.6) is 0 Å². The minimum atomic E-state index is -0.164. The van der Waals surface area contributed by atoms with Crippen LogP contribution in [0.15, 0.2) is 11.6 Å². The zero-order valence-electron chi connectivity index (χ0n) is 9.19. The van der Waals surface area contributed by atoms with E-state index in [4.69, 9.17) is 4.74 Å². The van der Waals surface area contributed by atoms with Crippen molar-refractivity contribution in [1.29, 1.82) is 0 Å². The minimum absolute atomic E-state index is 0.0513. The van der Waals surface area contributed by atoms with Crippen LogP contribution in [0.2, 0.25) is 0 Å². The third kappa shape index (κ3) is 2.12. The van der Waals surface area contributed by atoms with Crippen molar-refractivity contribution in [2.45, 2.75) is 37.5 Å². The van der Waals surface area contributed by atoms with Crippen molar-refractivity contribution in [3.8, 4) is 0 Å². The molecule has 2 nitrogen and oxygen atoms in total. The highest BCUT2D eigenvalue weighted by molar-refractivity contribution is 14.1. The summed E-state index contributed by atoms with van der Waals surface area (Å²) in [6.45, 7) is 9.04. The van der Waals surface area contributed by atoms with Crippen LogP contribution < -0.4 is 0 Å². The Hall–Kier alpha value is -0.0600. The Morgan fingerprint density at radius 3 is 2.36 bits per heavy atom. The molecule has 0 amide bonds. The lowest BCUT2D eigenvalue weighted by molar-refractivity contribution is -0.140. The van der Waals surface area contributed by atoms with Gasteiger partial charge in [-0.1, -0.05) is 49.4 Å². The molecular weight excluding hydrogens is 291 g/mol. The van der Waals surface area contributed by atoms with Gasteiger partial charge in [0.2, 0.25) is 0 Å². The number of carbonyl (C=O) groups is 1. The molecule has 14 heavy (non-hydrogen) atoms. The van der Waals surface area contributed by atoms with Gasteiger partial charge in [-0.2, -0.15) is 0 Å². The van der Waals surface area contributed by atoms with Crippen molar-refractivity contribution < 1.29 is 9.53 Å². The highest BCUT2D eigenvalue weighted by Crippen LogP contribution is 2.45. The predicted molar refractivity (Wildman–Crippen MR) is 65.5 cm³/mol. The van der Waals surface area contributed by atoms with Crippen LogP contribution in [0.25, 0.3) is 0 Å². The Bertz CT molecular complexity index is 272. The fraction of sp³-hybridized carbons (Fsp3) is 0.727. The summed E-state index contributed by atoms with van der Waals surface area (Å²) >= 11 is 2.35. The van der Waals surface area contributed by atoms with E-state index >= 15 is 0 Å². The second kappa shape index (κ2) is 3.83. The molecule has 0 aromatic heterocycles. The summed E-state index contributed by atoms with van der Waals surface area (Å²) in [5.41, 5.74) is 0.868. The van der Waals surface area contributed by atoms with Gasteiger partial charge in [0.15, 0.2) is 0 Å². The number of alkyl halides is 1. The molecule has 0 saturated heterocycles. The van der Waals surface area contributed by atoms with Gasteiger partial charge in [-0.3, -0.25) is 0 Å². The number of esters is 1. The number of carbonyl (C=O) groups excluding carboxylic acids is 1. The Morgan fingerprint density at radius 1 is 1.36 bits per heavy atom. The Labute approximate surface area is 99.2 Å². The summed E-state index contributed by atoms with van der Waals surface area (Å²) < 4.78 is 4.90. The fourth-order valence-electron chi connectivity index (χ4n) is 1.30. The maximum absolute atomic E-state index is 11.6. The Balaban J connectivity index is 3.03. The summed E-state index contributed by atoms with van der Waals surface area (Å²) in [6.07, 6.45) is 2.86. The molecule has 1 unspecified atom stereocenters. The molecule has 0 N–H and O–H groups in total. The first-order valence-electron chi connectivity index (χ1n) is 4.83. The van der Waals surface area contributed by atoms with Crippen LogP contribution >= 0.6 is 22.6 Å². The molecule has 3 heteroatoms. The van der Waals surface area contributed by atoms with Crippen LogP contribution in [0.1, 0.15) is 34.1 Å². The summed E-state index contributed by atoms with van der Waals surface area (Å²) in [5, 5.41) is 0. The number of cyclic esters (lactones) is 1. The molecule has 1 heterocycles. The van der Waals surface area contributed by atoms with Gasteiger partial charge in [0.1, 0.15) is 0 Å². The van der Waals surface area contributed by atoms with E-state index in [1.807, 2.05) is 6.08 Å². The van der Waals surface area contributed by atoms with Crippen molar-refractivity contribution in [2.24, 2.45) is 5.41 Å². The summed E-state index contributed by atoms with van der Waals surface area (Å²) in [5.74, 6) is -0.150. The summed E-state index contributed by atoms with van der Waals surface area (Å²) in [6, 6.07) is 0. The average molecular weight is 308 g/mol. The zero-order valence-corrected chi connectivity index (χ0v) is 11.3. The molecule has 0 saturated carbocycles. The lowest BCUT2D eigenvalue weighted by Crippen LogP contribution is -2.40. The number of hydrogen-bond acceptors (Lipinski definition) is 2. The molecule has 0 aliphatic carbocycles. The number of halogens is 1. The molecule has 0 spiro atoms. The second-order valence-electron chi connectivity index (χ2n) is 4.80. The van der Waals surface area contributed by atoms with Gasteiger partial charge < -0.3 is 4.74 Å². The molecule has 0 radical (unpaired) electrons. The molecule has 1 aliphatic rings. The van der Waals surface area contributed by atoms with Crippen molar-refractivity contribution in [2.75, 3.05) is 6.61 Å². The fourth-order valence-corrected chi connectivity index (χ4v) is 1.74. The predicted octanol–water partition coefficient (Wildman–Crippen LogP) is 3.10. The lowest BCUT2D eigenvalue weighted by Gasteiger charge is -2.38. The van der Waals surface area contributed by atoms with Gasteiger partial charge in [0, 0.05) is 12.0 Å². The molecule has 1 rings (SSSR count). The topological polar surface area (TPSA) is 26.3 Å². The Morgan fingerprint density at radius 2 is 1.93 bits per heavy atom. The minimum Gasteiger partial charge on any atom is -0.462 e. The first-order chi connectivity index (χ1) is 6.27.